The number of ketones is 1. The number of carbonyl (C=O) groups excluding carboxylic acids is 2. The van der Waals surface area contributed by atoms with Crippen LogP contribution in [0.5, 0.6) is 0 Å². The largest absolute Gasteiger partial charge is 0.378 e. The molecule has 1 N–H and O–H groups in total. The number of hydrogen-bond acceptors (Lipinski definition) is 3. The van der Waals surface area contributed by atoms with Crippen LogP contribution in [-0.4, -0.2) is 25.8 Å². The number of hydrogen-bond donors (Lipinski definition) is 1. The van der Waals surface area contributed by atoms with Gasteiger partial charge >= 0.3 is 0 Å². The summed E-state index contributed by atoms with van der Waals surface area (Å²) in [6.45, 7) is 4.07. The van der Waals surface area contributed by atoms with Gasteiger partial charge in [0.1, 0.15) is 5.78 Å². The topological polar surface area (TPSA) is 49.4 Å². The van der Waals surface area contributed by atoms with Crippen LogP contribution in [0, 0.1) is 11.3 Å². The van der Waals surface area contributed by atoms with Crippen LogP contribution >= 0.6 is 0 Å². The summed E-state index contributed by atoms with van der Waals surface area (Å²) >= 11 is 0. The number of fused-ring (bicyclic) bond motifs is 1. The van der Waals surface area contributed by atoms with Crippen molar-refractivity contribution < 1.29 is 9.59 Å². The lowest BCUT2D eigenvalue weighted by atomic mass is 9.68. The molecule has 0 saturated carbocycles. The third kappa shape index (κ3) is 3.03. The molecule has 0 radical (unpaired) electrons. The first-order chi connectivity index (χ1) is 10.8. The first kappa shape index (κ1) is 15.8. The molecule has 1 aromatic carbocycles. The molecule has 1 saturated heterocycles. The second-order valence-corrected chi connectivity index (χ2v) is 7.55. The Balaban J connectivity index is 1.98. The van der Waals surface area contributed by atoms with Crippen LogP contribution in [0.4, 0.5) is 5.69 Å². The van der Waals surface area contributed by atoms with Crippen LogP contribution < -0.4 is 10.2 Å². The molecule has 23 heavy (non-hydrogen) atoms. The number of rotatable bonds is 2. The van der Waals surface area contributed by atoms with Crippen molar-refractivity contribution in [1.29, 1.82) is 0 Å². The molecule has 4 nitrogen and oxygen atoms in total. The van der Waals surface area contributed by atoms with E-state index >= 15 is 0 Å². The van der Waals surface area contributed by atoms with Crippen LogP contribution in [0.1, 0.15) is 38.2 Å². The van der Waals surface area contributed by atoms with Gasteiger partial charge < -0.3 is 10.2 Å². The number of nitrogens with zero attached hydrogens (tertiary/aromatic N) is 1. The molecule has 1 amide bonds. The highest BCUT2D eigenvalue weighted by Gasteiger charge is 2.43. The number of nitrogens with one attached hydrogen (secondary N) is 1. The van der Waals surface area contributed by atoms with E-state index in [0.717, 1.165) is 16.9 Å². The molecule has 1 aromatic rings. The summed E-state index contributed by atoms with van der Waals surface area (Å²) in [5, 5.41) is 2.93. The Kier molecular flexibility index (Phi) is 3.78. The fourth-order valence-corrected chi connectivity index (χ4v) is 3.71. The minimum absolute atomic E-state index is 0.000291. The lowest BCUT2D eigenvalue weighted by Crippen LogP contribution is -2.45. The predicted molar refractivity (Wildman–Crippen MR) is 91.2 cm³/mol. The van der Waals surface area contributed by atoms with Gasteiger partial charge in [0.25, 0.3) is 0 Å². The molecular formula is C19H24N2O2. The van der Waals surface area contributed by atoms with Gasteiger partial charge in [-0.25, -0.2) is 0 Å². The Morgan fingerprint density at radius 3 is 2.39 bits per heavy atom. The summed E-state index contributed by atoms with van der Waals surface area (Å²) in [7, 11) is 3.99. The number of benzene rings is 1. The van der Waals surface area contributed by atoms with Gasteiger partial charge in [-0.05, 0) is 23.1 Å². The van der Waals surface area contributed by atoms with Crippen molar-refractivity contribution in [3.8, 4) is 0 Å². The first-order valence-corrected chi connectivity index (χ1v) is 8.09. The summed E-state index contributed by atoms with van der Waals surface area (Å²) in [5.74, 6) is -0.0467. The summed E-state index contributed by atoms with van der Waals surface area (Å²) in [4.78, 5) is 26.9. The molecule has 1 heterocycles. The van der Waals surface area contributed by atoms with E-state index in [9.17, 15) is 9.59 Å². The minimum atomic E-state index is -0.217. The molecule has 122 valence electrons. The van der Waals surface area contributed by atoms with E-state index in [0.29, 0.717) is 12.8 Å². The van der Waals surface area contributed by atoms with Crippen LogP contribution in [0.3, 0.4) is 0 Å². The van der Waals surface area contributed by atoms with Gasteiger partial charge in [-0.2, -0.15) is 0 Å². The highest BCUT2D eigenvalue weighted by Crippen LogP contribution is 2.43. The molecule has 0 unspecified atom stereocenters. The third-order valence-corrected chi connectivity index (χ3v) is 4.79. The van der Waals surface area contributed by atoms with E-state index in [1.54, 1.807) is 0 Å². The van der Waals surface area contributed by atoms with Gasteiger partial charge in [0.05, 0.1) is 5.92 Å². The van der Waals surface area contributed by atoms with Crippen molar-refractivity contribution in [2.75, 3.05) is 19.0 Å². The highest BCUT2D eigenvalue weighted by atomic mass is 16.2. The number of anilines is 1. The van der Waals surface area contributed by atoms with Gasteiger partial charge in [0, 0.05) is 44.2 Å². The van der Waals surface area contributed by atoms with Gasteiger partial charge in [-0.3, -0.25) is 9.59 Å². The van der Waals surface area contributed by atoms with Crippen LogP contribution in [0.25, 0.3) is 0 Å². The molecule has 3 rings (SSSR count). The molecule has 1 fully saturated rings. The lowest BCUT2D eigenvalue weighted by Gasteiger charge is -2.39. The number of allylic oxidation sites excluding steroid dienone is 2. The van der Waals surface area contributed by atoms with Crippen LogP contribution in [0.2, 0.25) is 0 Å². The Morgan fingerprint density at radius 2 is 1.78 bits per heavy atom. The van der Waals surface area contributed by atoms with E-state index in [1.807, 2.05) is 57.1 Å². The second-order valence-electron chi connectivity index (χ2n) is 7.55. The number of Topliss-reactive ketones (excluding diaryl/α,β-unsaturated/α-hetero) is 1. The van der Waals surface area contributed by atoms with Gasteiger partial charge in [-0.15, -0.1) is 0 Å². The van der Waals surface area contributed by atoms with Gasteiger partial charge in [-0.1, -0.05) is 32.1 Å². The van der Waals surface area contributed by atoms with Crippen molar-refractivity contribution in [3.63, 3.8) is 0 Å². The third-order valence-electron chi connectivity index (χ3n) is 4.79. The summed E-state index contributed by atoms with van der Waals surface area (Å²) in [5.41, 5.74) is 2.78. The SMILES string of the molecule is CN(C)c1ccc([C@@H]2CC(=O)NC3=CC(C)(C)CC(=O)[C@H]32)cc1. The Labute approximate surface area is 137 Å². The number of carbonyl (C=O) groups is 2. The molecule has 0 bridgehead atoms. The van der Waals surface area contributed by atoms with Crippen molar-refractivity contribution in [1.82, 2.24) is 5.32 Å². The molecule has 1 aliphatic heterocycles. The van der Waals surface area contributed by atoms with Crippen molar-refractivity contribution >= 4 is 17.4 Å². The highest BCUT2D eigenvalue weighted by molar-refractivity contribution is 5.92. The van der Waals surface area contributed by atoms with Crippen LogP contribution in [-0.2, 0) is 9.59 Å². The molecule has 0 spiro atoms. The molecule has 2 aliphatic rings. The normalized spacial score (nSPS) is 26.2. The maximum absolute atomic E-state index is 12.7. The quantitative estimate of drug-likeness (QED) is 0.913. The van der Waals surface area contributed by atoms with Crippen LogP contribution in [0.15, 0.2) is 36.0 Å². The van der Waals surface area contributed by atoms with E-state index in [1.165, 1.54) is 0 Å². The first-order valence-electron chi connectivity index (χ1n) is 8.09. The molecule has 1 aliphatic carbocycles. The molecule has 2 atom stereocenters. The summed E-state index contributed by atoms with van der Waals surface area (Å²) in [6, 6.07) is 8.18. The summed E-state index contributed by atoms with van der Waals surface area (Å²) < 4.78 is 0. The zero-order valence-corrected chi connectivity index (χ0v) is 14.2. The predicted octanol–water partition coefficient (Wildman–Crippen LogP) is 2.86. The Hall–Kier alpha value is -2.10. The van der Waals surface area contributed by atoms with E-state index < -0.39 is 0 Å². The summed E-state index contributed by atoms with van der Waals surface area (Å²) in [6.07, 6.45) is 2.97. The fraction of sp³-hybridized carbons (Fsp3) is 0.474. The fourth-order valence-electron chi connectivity index (χ4n) is 3.71. The zero-order chi connectivity index (χ0) is 16.8. The van der Waals surface area contributed by atoms with E-state index in [4.69, 9.17) is 0 Å². The average molecular weight is 312 g/mol. The van der Waals surface area contributed by atoms with Crippen molar-refractivity contribution in [2.45, 2.75) is 32.6 Å². The lowest BCUT2D eigenvalue weighted by molar-refractivity contribution is -0.128. The van der Waals surface area contributed by atoms with E-state index in [2.05, 4.69) is 11.4 Å². The zero-order valence-electron chi connectivity index (χ0n) is 14.2. The van der Waals surface area contributed by atoms with E-state index in [-0.39, 0.29) is 28.9 Å². The molecule has 4 heteroatoms. The van der Waals surface area contributed by atoms with Crippen molar-refractivity contribution in [2.24, 2.45) is 11.3 Å². The Bertz CT molecular complexity index is 671. The van der Waals surface area contributed by atoms with Gasteiger partial charge in [0.15, 0.2) is 0 Å². The van der Waals surface area contributed by atoms with Gasteiger partial charge in [0.2, 0.25) is 5.91 Å². The van der Waals surface area contributed by atoms with Crippen molar-refractivity contribution in [3.05, 3.63) is 41.6 Å². The number of piperidine rings is 1. The molecular weight excluding hydrogens is 288 g/mol. The number of amides is 1. The second kappa shape index (κ2) is 5.52. The molecule has 0 aromatic heterocycles. The minimum Gasteiger partial charge on any atom is -0.378 e. The smallest absolute Gasteiger partial charge is 0.224 e. The standard InChI is InChI=1S/C19H24N2O2/c1-19(2)10-15-18(16(22)11-19)14(9-17(23)20-15)12-5-7-13(8-6-12)21(3)4/h5-8,10,14,18H,9,11H2,1-4H3,(H,20,23)/t14-,18-/m0/s1. The monoisotopic (exact) mass is 312 g/mol. The maximum atomic E-state index is 12.7. The maximum Gasteiger partial charge on any atom is 0.224 e. The Morgan fingerprint density at radius 1 is 1.13 bits per heavy atom. The average Bonchev–Trinajstić information content (AvgIpc) is 2.44.